The summed E-state index contributed by atoms with van der Waals surface area (Å²) in [5, 5.41) is 4.75. The summed E-state index contributed by atoms with van der Waals surface area (Å²) >= 11 is 1.87. The Morgan fingerprint density at radius 1 is 0.491 bits per heavy atom. The molecule has 0 aliphatic rings. The minimum absolute atomic E-state index is 0.194. The summed E-state index contributed by atoms with van der Waals surface area (Å²) in [6, 6.07) is 59.6. The zero-order valence-corrected chi connectivity index (χ0v) is 29.6. The molecule has 3 aromatic heterocycles. The van der Waals surface area contributed by atoms with Crippen molar-refractivity contribution < 1.29 is 4.42 Å². The van der Waals surface area contributed by atoms with Crippen molar-refractivity contribution in [1.29, 1.82) is 0 Å². The van der Waals surface area contributed by atoms with Crippen LogP contribution in [-0.2, 0) is 6.42 Å². The first-order valence-electron chi connectivity index (χ1n) is 18.0. The maximum absolute atomic E-state index is 6.59. The predicted octanol–water partition coefficient (Wildman–Crippen LogP) is 12.9. The Labute approximate surface area is 311 Å². The average molecular weight is 700 g/mol. The van der Waals surface area contributed by atoms with Crippen LogP contribution in [0.4, 0.5) is 0 Å². The van der Waals surface area contributed by atoms with Crippen molar-refractivity contribution >= 4 is 53.4 Å². The molecule has 53 heavy (non-hydrogen) atoms. The fraction of sp³-hybridized carbons (Fsp3) is 0.0625. The van der Waals surface area contributed by atoms with Gasteiger partial charge in [-0.05, 0) is 59.9 Å². The monoisotopic (exact) mass is 699 g/mol. The number of hydrogen-bond acceptors (Lipinski definition) is 5. The highest BCUT2D eigenvalue weighted by Crippen LogP contribution is 2.43. The lowest BCUT2D eigenvalue weighted by atomic mass is 9.84. The Hall–Kier alpha value is -6.43. The number of fused-ring (bicyclic) bond motifs is 6. The van der Waals surface area contributed by atoms with Crippen LogP contribution in [0.2, 0.25) is 0 Å². The van der Waals surface area contributed by atoms with Crippen molar-refractivity contribution in [3.63, 3.8) is 0 Å². The fourth-order valence-corrected chi connectivity index (χ4v) is 8.89. The Kier molecular flexibility index (Phi) is 7.85. The normalized spacial score (nSPS) is 12.2. The minimum atomic E-state index is 0.194. The van der Waals surface area contributed by atoms with Gasteiger partial charge in [0.15, 0.2) is 17.5 Å². The molecule has 0 N–H and O–H groups in total. The predicted molar refractivity (Wildman–Crippen MR) is 219 cm³/mol. The number of rotatable bonds is 8. The van der Waals surface area contributed by atoms with Crippen LogP contribution < -0.4 is 0 Å². The van der Waals surface area contributed by atoms with Crippen LogP contribution in [0.1, 0.15) is 29.0 Å². The first kappa shape index (κ1) is 31.3. The van der Waals surface area contributed by atoms with Crippen LogP contribution in [-0.4, -0.2) is 15.0 Å². The molecule has 0 saturated heterocycles. The Morgan fingerprint density at radius 2 is 1.09 bits per heavy atom. The van der Waals surface area contributed by atoms with E-state index >= 15 is 0 Å². The molecule has 5 heteroatoms. The van der Waals surface area contributed by atoms with Gasteiger partial charge in [-0.25, -0.2) is 15.0 Å². The van der Waals surface area contributed by atoms with E-state index in [1.807, 2.05) is 84.1 Å². The minimum Gasteiger partial charge on any atom is -0.456 e. The zero-order valence-electron chi connectivity index (χ0n) is 28.8. The molecule has 0 aliphatic heterocycles. The molecule has 1 atom stereocenters. The number of aryl methyl sites for hydroxylation is 1. The molecule has 0 saturated carbocycles. The molecule has 0 amide bonds. The third-order valence-corrected chi connectivity index (χ3v) is 11.3. The van der Waals surface area contributed by atoms with Crippen LogP contribution >= 0.6 is 11.3 Å². The van der Waals surface area contributed by atoms with E-state index in [9.17, 15) is 0 Å². The topological polar surface area (TPSA) is 51.8 Å². The van der Waals surface area contributed by atoms with Crippen molar-refractivity contribution in [3.8, 4) is 34.2 Å². The number of furan rings is 1. The van der Waals surface area contributed by atoms with Gasteiger partial charge in [-0.15, -0.1) is 11.3 Å². The Morgan fingerprint density at radius 3 is 1.83 bits per heavy atom. The summed E-state index contributed by atoms with van der Waals surface area (Å²) in [6.07, 6.45) is 1.75. The number of hydrogen-bond donors (Lipinski definition) is 0. The van der Waals surface area contributed by atoms with Crippen LogP contribution in [0.25, 0.3) is 76.3 Å². The summed E-state index contributed by atoms with van der Waals surface area (Å²) in [5.74, 6) is 2.10. The molecule has 3 heterocycles. The molecule has 0 radical (unpaired) electrons. The lowest BCUT2D eigenvalue weighted by molar-refractivity contribution is 0.666. The summed E-state index contributed by atoms with van der Waals surface area (Å²) < 4.78 is 9.24. The van der Waals surface area contributed by atoms with E-state index in [1.165, 1.54) is 36.9 Å². The van der Waals surface area contributed by atoms with Crippen LogP contribution in [0.5, 0.6) is 0 Å². The second-order valence-corrected chi connectivity index (χ2v) is 14.6. The van der Waals surface area contributed by atoms with E-state index in [1.54, 1.807) is 0 Å². The first-order valence-corrected chi connectivity index (χ1v) is 18.8. The van der Waals surface area contributed by atoms with Crippen molar-refractivity contribution in [2.75, 3.05) is 0 Å². The molecule has 0 spiro atoms. The van der Waals surface area contributed by atoms with Crippen molar-refractivity contribution in [3.05, 3.63) is 187 Å². The number of thiophene rings is 1. The van der Waals surface area contributed by atoms with Crippen molar-refractivity contribution in [2.24, 2.45) is 0 Å². The van der Waals surface area contributed by atoms with E-state index in [4.69, 9.17) is 19.4 Å². The van der Waals surface area contributed by atoms with Gasteiger partial charge in [0.2, 0.25) is 0 Å². The van der Waals surface area contributed by atoms with Gasteiger partial charge in [-0.2, -0.15) is 0 Å². The van der Waals surface area contributed by atoms with Gasteiger partial charge in [-0.3, -0.25) is 0 Å². The van der Waals surface area contributed by atoms with Crippen molar-refractivity contribution in [1.82, 2.24) is 15.0 Å². The standard InChI is InChI=1S/C48H33N3OS/c1-4-15-32(16-5-1)35(36-23-14-26-43-45(36)38-22-11-13-25-42(38)53-43)28-27-31-29-39(44-37-21-10-12-24-40(37)52-41(44)30-31)48-50-46(33-17-6-2-7-18-33)49-47(51-48)34-19-8-3-9-20-34/h1-26,29-30,35H,27-28H2. The van der Waals surface area contributed by atoms with Gasteiger partial charge in [0.05, 0.1) is 0 Å². The van der Waals surface area contributed by atoms with Gasteiger partial charge in [0.25, 0.3) is 0 Å². The highest BCUT2D eigenvalue weighted by molar-refractivity contribution is 7.25. The van der Waals surface area contributed by atoms with Gasteiger partial charge < -0.3 is 4.42 Å². The van der Waals surface area contributed by atoms with Crippen LogP contribution in [0.15, 0.2) is 174 Å². The summed E-state index contributed by atoms with van der Waals surface area (Å²) in [7, 11) is 0. The lowest BCUT2D eigenvalue weighted by Gasteiger charge is -2.20. The van der Waals surface area contributed by atoms with E-state index in [0.717, 1.165) is 51.5 Å². The quantitative estimate of drug-likeness (QED) is 0.158. The zero-order chi connectivity index (χ0) is 35.1. The molecular weight excluding hydrogens is 667 g/mol. The molecule has 1 unspecified atom stereocenters. The molecule has 7 aromatic carbocycles. The molecule has 252 valence electrons. The van der Waals surface area contributed by atoms with Gasteiger partial charge >= 0.3 is 0 Å². The molecule has 4 nitrogen and oxygen atoms in total. The smallest absolute Gasteiger partial charge is 0.164 e. The average Bonchev–Trinajstić information content (AvgIpc) is 3.80. The van der Waals surface area contributed by atoms with E-state index in [0.29, 0.717) is 17.5 Å². The third kappa shape index (κ3) is 5.76. The van der Waals surface area contributed by atoms with E-state index in [2.05, 4.69) is 97.1 Å². The number of para-hydroxylation sites is 1. The third-order valence-electron chi connectivity index (χ3n) is 10.2. The molecular formula is C48H33N3OS. The fourth-order valence-electron chi connectivity index (χ4n) is 7.75. The molecule has 0 fully saturated rings. The number of benzene rings is 7. The highest BCUT2D eigenvalue weighted by atomic mass is 32.1. The SMILES string of the molecule is c1ccc(-c2nc(-c3ccccc3)nc(-c3cc(CCC(c4ccccc4)c4cccc5sc6ccccc6c45)cc4oc5ccccc5c34)n2)cc1. The molecule has 0 aliphatic carbocycles. The molecule has 0 bridgehead atoms. The summed E-state index contributed by atoms with van der Waals surface area (Å²) in [4.78, 5) is 15.3. The Bertz CT molecular complexity index is 2840. The lowest BCUT2D eigenvalue weighted by Crippen LogP contribution is -2.04. The number of nitrogens with zero attached hydrogens (tertiary/aromatic N) is 3. The molecule has 10 rings (SSSR count). The highest BCUT2D eigenvalue weighted by Gasteiger charge is 2.22. The second kappa shape index (κ2) is 13.3. The maximum atomic E-state index is 6.59. The van der Waals surface area contributed by atoms with Crippen molar-refractivity contribution in [2.45, 2.75) is 18.8 Å². The van der Waals surface area contributed by atoms with Gasteiger partial charge in [-0.1, -0.05) is 140 Å². The van der Waals surface area contributed by atoms with Gasteiger partial charge in [0, 0.05) is 53.6 Å². The van der Waals surface area contributed by atoms with E-state index < -0.39 is 0 Å². The summed E-state index contributed by atoms with van der Waals surface area (Å²) in [6.45, 7) is 0. The maximum Gasteiger partial charge on any atom is 0.164 e. The Balaban J connectivity index is 1.14. The van der Waals surface area contributed by atoms with Crippen LogP contribution in [0.3, 0.4) is 0 Å². The van der Waals surface area contributed by atoms with Crippen LogP contribution in [0, 0.1) is 0 Å². The van der Waals surface area contributed by atoms with Gasteiger partial charge in [0.1, 0.15) is 11.2 Å². The van der Waals surface area contributed by atoms with E-state index in [-0.39, 0.29) is 5.92 Å². The molecule has 10 aromatic rings. The second-order valence-electron chi connectivity index (χ2n) is 13.5. The first-order chi connectivity index (χ1) is 26.3. The number of aromatic nitrogens is 3. The summed E-state index contributed by atoms with van der Waals surface area (Å²) in [5.41, 5.74) is 8.38. The largest absolute Gasteiger partial charge is 0.456 e.